The molecule has 0 fully saturated rings. The van der Waals surface area contributed by atoms with Gasteiger partial charge in [0.15, 0.2) is 5.75 Å². The van der Waals surface area contributed by atoms with Crippen LogP contribution in [0.2, 0.25) is 0 Å². The summed E-state index contributed by atoms with van der Waals surface area (Å²) in [7, 11) is 0. The van der Waals surface area contributed by atoms with Crippen molar-refractivity contribution in [3.63, 3.8) is 0 Å². The highest BCUT2D eigenvalue weighted by Crippen LogP contribution is 2.20. The Kier molecular flexibility index (Phi) is 2.52. The lowest BCUT2D eigenvalue weighted by Gasteiger charge is -2.21. The molecule has 0 saturated heterocycles. The Balaban J connectivity index is 2.96. The third kappa shape index (κ3) is 2.75. The van der Waals surface area contributed by atoms with Crippen molar-refractivity contribution in [1.29, 1.82) is 5.26 Å². The van der Waals surface area contributed by atoms with Gasteiger partial charge in [0, 0.05) is 6.20 Å². The summed E-state index contributed by atoms with van der Waals surface area (Å²) in [5, 5.41) is 8.76. The van der Waals surface area contributed by atoms with E-state index >= 15 is 0 Å². The number of hydrogen-bond acceptors (Lipinski definition) is 3. The Morgan fingerprint density at radius 1 is 1.46 bits per heavy atom. The lowest BCUT2D eigenvalue weighted by molar-refractivity contribution is 0.130. The molecule has 0 spiro atoms. The molecule has 1 heterocycles. The molecule has 0 saturated carbocycles. The molecule has 0 bridgehead atoms. The molecule has 1 rings (SSSR count). The first kappa shape index (κ1) is 9.53. The highest BCUT2D eigenvalue weighted by molar-refractivity contribution is 5.40. The summed E-state index contributed by atoms with van der Waals surface area (Å²) >= 11 is 0. The Bertz CT molecular complexity index is 334. The molecule has 0 N–H and O–H groups in total. The van der Waals surface area contributed by atoms with Crippen molar-refractivity contribution >= 4 is 0 Å². The second-order valence-corrected chi connectivity index (χ2v) is 3.70. The van der Waals surface area contributed by atoms with E-state index in [4.69, 9.17) is 10.00 Å². The van der Waals surface area contributed by atoms with Crippen LogP contribution in [0.15, 0.2) is 18.5 Å². The minimum atomic E-state index is -0.297. The zero-order valence-corrected chi connectivity index (χ0v) is 8.03. The summed E-state index contributed by atoms with van der Waals surface area (Å²) < 4.78 is 5.54. The van der Waals surface area contributed by atoms with Crippen molar-refractivity contribution in [2.75, 3.05) is 0 Å². The van der Waals surface area contributed by atoms with E-state index in [1.807, 2.05) is 20.8 Å². The molecule has 3 heteroatoms. The molecule has 1 aromatic heterocycles. The molecule has 13 heavy (non-hydrogen) atoms. The fourth-order valence-electron chi connectivity index (χ4n) is 0.884. The zero-order valence-electron chi connectivity index (χ0n) is 8.03. The molecular weight excluding hydrogens is 164 g/mol. The summed E-state index contributed by atoms with van der Waals surface area (Å²) in [5.41, 5.74) is 0.221. The number of rotatable bonds is 1. The van der Waals surface area contributed by atoms with Crippen LogP contribution in [-0.2, 0) is 0 Å². The van der Waals surface area contributed by atoms with Crippen LogP contribution in [-0.4, -0.2) is 10.6 Å². The van der Waals surface area contributed by atoms with Gasteiger partial charge in [0.1, 0.15) is 11.7 Å². The van der Waals surface area contributed by atoms with Gasteiger partial charge in [-0.3, -0.25) is 4.98 Å². The minimum absolute atomic E-state index is 0.297. The monoisotopic (exact) mass is 176 g/mol. The maximum absolute atomic E-state index is 8.76. The average molecular weight is 176 g/mol. The Morgan fingerprint density at radius 2 is 2.15 bits per heavy atom. The minimum Gasteiger partial charge on any atom is -0.485 e. The molecule has 0 atom stereocenters. The van der Waals surface area contributed by atoms with E-state index in [0.717, 1.165) is 0 Å². The van der Waals surface area contributed by atoms with Gasteiger partial charge < -0.3 is 4.74 Å². The summed E-state index contributed by atoms with van der Waals surface area (Å²) in [6.45, 7) is 5.80. The number of nitriles is 1. The second kappa shape index (κ2) is 3.44. The van der Waals surface area contributed by atoms with Gasteiger partial charge >= 0.3 is 0 Å². The third-order valence-corrected chi connectivity index (χ3v) is 1.32. The van der Waals surface area contributed by atoms with Crippen LogP contribution in [0.5, 0.6) is 5.75 Å². The van der Waals surface area contributed by atoms with E-state index < -0.39 is 0 Å². The molecule has 0 amide bonds. The number of aromatic nitrogens is 1. The van der Waals surface area contributed by atoms with E-state index in [2.05, 4.69) is 11.1 Å². The van der Waals surface area contributed by atoms with Gasteiger partial charge in [-0.1, -0.05) is 0 Å². The van der Waals surface area contributed by atoms with Crippen molar-refractivity contribution in [2.24, 2.45) is 0 Å². The summed E-state index contributed by atoms with van der Waals surface area (Å²) in [5.74, 6) is 0.539. The van der Waals surface area contributed by atoms with Gasteiger partial charge in [-0.25, -0.2) is 0 Å². The van der Waals surface area contributed by atoms with Gasteiger partial charge in [-0.05, 0) is 26.8 Å². The van der Waals surface area contributed by atoms with Crippen LogP contribution in [0, 0.1) is 11.3 Å². The van der Waals surface area contributed by atoms with Gasteiger partial charge in [0.05, 0.1) is 11.8 Å². The van der Waals surface area contributed by atoms with Gasteiger partial charge in [0.2, 0.25) is 0 Å². The van der Waals surface area contributed by atoms with Crippen molar-refractivity contribution in [1.82, 2.24) is 4.98 Å². The molecule has 0 aliphatic heterocycles. The van der Waals surface area contributed by atoms with E-state index in [1.165, 1.54) is 0 Å². The molecule has 68 valence electrons. The smallest absolute Gasteiger partial charge is 0.156 e. The van der Waals surface area contributed by atoms with Crippen molar-refractivity contribution in [3.05, 3.63) is 24.0 Å². The van der Waals surface area contributed by atoms with E-state index in [1.54, 1.807) is 18.5 Å². The Hall–Kier alpha value is -1.56. The first-order chi connectivity index (χ1) is 6.03. The number of nitrogens with zero attached hydrogens (tertiary/aromatic N) is 2. The SMILES string of the molecule is CC(C)(C)Oc1cnccc1C#N. The van der Waals surface area contributed by atoms with Crippen LogP contribution < -0.4 is 4.74 Å². The highest BCUT2D eigenvalue weighted by atomic mass is 16.5. The highest BCUT2D eigenvalue weighted by Gasteiger charge is 2.14. The summed E-state index contributed by atoms with van der Waals surface area (Å²) in [4.78, 5) is 3.90. The van der Waals surface area contributed by atoms with E-state index in [-0.39, 0.29) is 5.60 Å². The van der Waals surface area contributed by atoms with Gasteiger partial charge in [-0.15, -0.1) is 0 Å². The zero-order chi connectivity index (χ0) is 9.90. The maximum atomic E-state index is 8.76. The normalized spacial score (nSPS) is 10.6. The van der Waals surface area contributed by atoms with Gasteiger partial charge in [0.25, 0.3) is 0 Å². The van der Waals surface area contributed by atoms with Crippen molar-refractivity contribution in [3.8, 4) is 11.8 Å². The lowest BCUT2D eigenvalue weighted by Crippen LogP contribution is -2.23. The Morgan fingerprint density at radius 3 is 2.69 bits per heavy atom. The van der Waals surface area contributed by atoms with Crippen LogP contribution in [0.4, 0.5) is 0 Å². The third-order valence-electron chi connectivity index (χ3n) is 1.32. The number of pyridine rings is 1. The van der Waals surface area contributed by atoms with Crippen LogP contribution in [0.3, 0.4) is 0 Å². The second-order valence-electron chi connectivity index (χ2n) is 3.70. The number of ether oxygens (including phenoxy) is 1. The molecule has 0 aliphatic carbocycles. The molecule has 0 aromatic carbocycles. The average Bonchev–Trinajstić information content (AvgIpc) is 2.02. The molecule has 0 aliphatic rings. The topological polar surface area (TPSA) is 45.9 Å². The number of hydrogen-bond donors (Lipinski definition) is 0. The lowest BCUT2D eigenvalue weighted by atomic mass is 10.2. The van der Waals surface area contributed by atoms with Crippen molar-refractivity contribution < 1.29 is 4.74 Å². The quantitative estimate of drug-likeness (QED) is 0.658. The van der Waals surface area contributed by atoms with E-state index in [0.29, 0.717) is 11.3 Å². The molecule has 0 unspecified atom stereocenters. The molecular formula is C10H12N2O. The predicted molar refractivity (Wildman–Crippen MR) is 49.3 cm³/mol. The fourth-order valence-corrected chi connectivity index (χ4v) is 0.884. The summed E-state index contributed by atoms with van der Waals surface area (Å²) in [6.07, 6.45) is 3.14. The standard InChI is InChI=1S/C10H12N2O/c1-10(2,3)13-9-7-12-5-4-8(9)6-11/h4-5,7H,1-3H3. The first-order valence-electron chi connectivity index (χ1n) is 4.06. The fraction of sp³-hybridized carbons (Fsp3) is 0.400. The van der Waals surface area contributed by atoms with Crippen LogP contribution in [0.1, 0.15) is 26.3 Å². The molecule has 1 aromatic rings. The predicted octanol–water partition coefficient (Wildman–Crippen LogP) is 2.13. The van der Waals surface area contributed by atoms with Crippen LogP contribution in [0.25, 0.3) is 0 Å². The van der Waals surface area contributed by atoms with E-state index in [9.17, 15) is 0 Å². The first-order valence-corrected chi connectivity index (χ1v) is 4.06. The Labute approximate surface area is 78.0 Å². The van der Waals surface area contributed by atoms with Gasteiger partial charge in [-0.2, -0.15) is 5.26 Å². The maximum Gasteiger partial charge on any atom is 0.156 e. The molecule has 3 nitrogen and oxygen atoms in total. The summed E-state index contributed by atoms with van der Waals surface area (Å²) in [6, 6.07) is 3.69. The molecule has 0 radical (unpaired) electrons. The largest absolute Gasteiger partial charge is 0.485 e. The van der Waals surface area contributed by atoms with Crippen LogP contribution >= 0.6 is 0 Å². The van der Waals surface area contributed by atoms with Crippen molar-refractivity contribution in [2.45, 2.75) is 26.4 Å².